The van der Waals surface area contributed by atoms with E-state index in [0.717, 1.165) is 18.7 Å². The van der Waals surface area contributed by atoms with Crippen LogP contribution in [0.15, 0.2) is 18.3 Å². The van der Waals surface area contributed by atoms with E-state index >= 15 is 0 Å². The SMILES string of the molecule is Cc1ncccc1CC1(CN)CC1. The van der Waals surface area contributed by atoms with Crippen LogP contribution in [0.5, 0.6) is 0 Å². The minimum atomic E-state index is 0.424. The van der Waals surface area contributed by atoms with E-state index in [1.165, 1.54) is 18.4 Å². The van der Waals surface area contributed by atoms with Crippen LogP contribution in [0.1, 0.15) is 24.1 Å². The number of aromatic nitrogens is 1. The van der Waals surface area contributed by atoms with Gasteiger partial charge >= 0.3 is 0 Å². The predicted molar refractivity (Wildman–Crippen MR) is 53.4 cm³/mol. The van der Waals surface area contributed by atoms with Gasteiger partial charge in [-0.3, -0.25) is 4.98 Å². The number of aryl methyl sites for hydroxylation is 1. The van der Waals surface area contributed by atoms with Crippen molar-refractivity contribution in [1.82, 2.24) is 4.98 Å². The smallest absolute Gasteiger partial charge is 0.0404 e. The van der Waals surface area contributed by atoms with Crippen molar-refractivity contribution < 1.29 is 0 Å². The zero-order valence-corrected chi connectivity index (χ0v) is 8.09. The monoisotopic (exact) mass is 176 g/mol. The predicted octanol–water partition coefficient (Wildman–Crippen LogP) is 1.67. The zero-order chi connectivity index (χ0) is 9.31. The molecule has 1 aliphatic rings. The summed E-state index contributed by atoms with van der Waals surface area (Å²) in [4.78, 5) is 4.28. The molecule has 0 bridgehead atoms. The molecule has 0 atom stereocenters. The summed E-state index contributed by atoms with van der Waals surface area (Å²) < 4.78 is 0. The second-order valence-electron chi connectivity index (χ2n) is 4.13. The van der Waals surface area contributed by atoms with Crippen LogP contribution in [-0.4, -0.2) is 11.5 Å². The first-order valence-corrected chi connectivity index (χ1v) is 4.86. The molecule has 1 aromatic heterocycles. The molecule has 1 saturated carbocycles. The number of nitrogens with two attached hydrogens (primary N) is 1. The Morgan fingerprint density at radius 2 is 2.31 bits per heavy atom. The Hall–Kier alpha value is -0.890. The zero-order valence-electron chi connectivity index (χ0n) is 8.09. The lowest BCUT2D eigenvalue weighted by Crippen LogP contribution is -2.18. The van der Waals surface area contributed by atoms with E-state index in [9.17, 15) is 0 Å². The molecule has 1 fully saturated rings. The molecule has 70 valence electrons. The normalized spacial score (nSPS) is 18.6. The van der Waals surface area contributed by atoms with Gasteiger partial charge in [-0.2, -0.15) is 0 Å². The van der Waals surface area contributed by atoms with Gasteiger partial charge in [0.05, 0.1) is 0 Å². The highest BCUT2D eigenvalue weighted by atomic mass is 14.7. The topological polar surface area (TPSA) is 38.9 Å². The van der Waals surface area contributed by atoms with Crippen molar-refractivity contribution in [3.8, 4) is 0 Å². The second-order valence-corrected chi connectivity index (χ2v) is 4.13. The van der Waals surface area contributed by atoms with E-state index < -0.39 is 0 Å². The van der Waals surface area contributed by atoms with Crippen LogP contribution < -0.4 is 5.73 Å². The van der Waals surface area contributed by atoms with Gasteiger partial charge in [0, 0.05) is 11.9 Å². The second kappa shape index (κ2) is 3.11. The molecule has 2 heteroatoms. The van der Waals surface area contributed by atoms with Gasteiger partial charge in [0.25, 0.3) is 0 Å². The molecule has 2 rings (SSSR count). The Morgan fingerprint density at radius 3 is 2.85 bits per heavy atom. The summed E-state index contributed by atoms with van der Waals surface area (Å²) in [7, 11) is 0. The Kier molecular flexibility index (Phi) is 2.08. The number of hydrogen-bond donors (Lipinski definition) is 1. The molecule has 2 N–H and O–H groups in total. The molecule has 2 nitrogen and oxygen atoms in total. The summed E-state index contributed by atoms with van der Waals surface area (Å²) >= 11 is 0. The third-order valence-corrected chi connectivity index (χ3v) is 3.07. The lowest BCUT2D eigenvalue weighted by atomic mass is 9.96. The van der Waals surface area contributed by atoms with Crippen molar-refractivity contribution in [2.24, 2.45) is 11.1 Å². The van der Waals surface area contributed by atoms with Crippen molar-refractivity contribution in [2.75, 3.05) is 6.54 Å². The van der Waals surface area contributed by atoms with Crippen LogP contribution >= 0.6 is 0 Å². The summed E-state index contributed by atoms with van der Waals surface area (Å²) in [5.74, 6) is 0. The van der Waals surface area contributed by atoms with Crippen molar-refractivity contribution in [1.29, 1.82) is 0 Å². The maximum atomic E-state index is 5.75. The summed E-state index contributed by atoms with van der Waals surface area (Å²) in [6.45, 7) is 2.89. The fraction of sp³-hybridized carbons (Fsp3) is 0.545. The van der Waals surface area contributed by atoms with Gasteiger partial charge in [0.1, 0.15) is 0 Å². The number of rotatable bonds is 3. The summed E-state index contributed by atoms with van der Waals surface area (Å²) in [5, 5.41) is 0. The molecule has 13 heavy (non-hydrogen) atoms. The lowest BCUT2D eigenvalue weighted by Gasteiger charge is -2.12. The quantitative estimate of drug-likeness (QED) is 0.761. The van der Waals surface area contributed by atoms with Crippen LogP contribution in [0.4, 0.5) is 0 Å². The average molecular weight is 176 g/mol. The molecule has 0 radical (unpaired) electrons. The van der Waals surface area contributed by atoms with E-state index in [4.69, 9.17) is 5.73 Å². The van der Waals surface area contributed by atoms with Gasteiger partial charge in [-0.25, -0.2) is 0 Å². The van der Waals surface area contributed by atoms with Gasteiger partial charge < -0.3 is 5.73 Å². The van der Waals surface area contributed by atoms with E-state index in [2.05, 4.69) is 18.0 Å². The molecule has 0 amide bonds. The molecule has 0 aromatic carbocycles. The molecule has 1 aromatic rings. The van der Waals surface area contributed by atoms with Gasteiger partial charge in [0.2, 0.25) is 0 Å². The van der Waals surface area contributed by atoms with Crippen LogP contribution in [0.3, 0.4) is 0 Å². The van der Waals surface area contributed by atoms with Gasteiger partial charge in [-0.15, -0.1) is 0 Å². The van der Waals surface area contributed by atoms with E-state index in [1.807, 2.05) is 12.3 Å². The molecule has 0 aliphatic heterocycles. The van der Waals surface area contributed by atoms with Gasteiger partial charge in [-0.1, -0.05) is 6.07 Å². The first kappa shape index (κ1) is 8.70. The number of hydrogen-bond acceptors (Lipinski definition) is 2. The van der Waals surface area contributed by atoms with Crippen molar-refractivity contribution in [2.45, 2.75) is 26.2 Å². The van der Waals surface area contributed by atoms with Crippen molar-refractivity contribution >= 4 is 0 Å². The van der Waals surface area contributed by atoms with Crippen LogP contribution in [-0.2, 0) is 6.42 Å². The van der Waals surface area contributed by atoms with Crippen LogP contribution in [0, 0.1) is 12.3 Å². The molecular weight excluding hydrogens is 160 g/mol. The highest BCUT2D eigenvalue weighted by Gasteiger charge is 2.41. The van der Waals surface area contributed by atoms with E-state index in [-0.39, 0.29) is 0 Å². The third kappa shape index (κ3) is 1.73. The van der Waals surface area contributed by atoms with Crippen LogP contribution in [0.2, 0.25) is 0 Å². The number of pyridine rings is 1. The minimum absolute atomic E-state index is 0.424. The standard InChI is InChI=1S/C11H16N2/c1-9-10(3-2-6-13-9)7-11(8-12)4-5-11/h2-3,6H,4-5,7-8,12H2,1H3. The maximum Gasteiger partial charge on any atom is 0.0404 e. The molecular formula is C11H16N2. The Bertz CT molecular complexity index is 303. The maximum absolute atomic E-state index is 5.75. The van der Waals surface area contributed by atoms with Gasteiger partial charge in [0.15, 0.2) is 0 Å². The summed E-state index contributed by atoms with van der Waals surface area (Å²) in [5.41, 5.74) is 8.69. The Balaban J connectivity index is 2.14. The molecule has 0 spiro atoms. The fourth-order valence-electron chi connectivity index (χ4n) is 1.74. The van der Waals surface area contributed by atoms with Gasteiger partial charge in [-0.05, 0) is 49.8 Å². The summed E-state index contributed by atoms with van der Waals surface area (Å²) in [6.07, 6.45) is 5.54. The van der Waals surface area contributed by atoms with E-state index in [1.54, 1.807) is 0 Å². The minimum Gasteiger partial charge on any atom is -0.330 e. The molecule has 1 aliphatic carbocycles. The number of nitrogens with zero attached hydrogens (tertiary/aromatic N) is 1. The fourth-order valence-corrected chi connectivity index (χ4v) is 1.74. The summed E-state index contributed by atoms with van der Waals surface area (Å²) in [6, 6.07) is 4.17. The molecule has 0 unspecified atom stereocenters. The lowest BCUT2D eigenvalue weighted by molar-refractivity contribution is 0.518. The molecule has 0 saturated heterocycles. The average Bonchev–Trinajstić information content (AvgIpc) is 2.90. The first-order chi connectivity index (χ1) is 6.26. The highest BCUT2D eigenvalue weighted by molar-refractivity contribution is 5.22. The van der Waals surface area contributed by atoms with Crippen LogP contribution in [0.25, 0.3) is 0 Å². The highest BCUT2D eigenvalue weighted by Crippen LogP contribution is 2.47. The van der Waals surface area contributed by atoms with Crippen molar-refractivity contribution in [3.63, 3.8) is 0 Å². The van der Waals surface area contributed by atoms with Crippen molar-refractivity contribution in [3.05, 3.63) is 29.6 Å². The Labute approximate surface area is 79.2 Å². The molecule has 1 heterocycles. The van der Waals surface area contributed by atoms with E-state index in [0.29, 0.717) is 5.41 Å². The first-order valence-electron chi connectivity index (χ1n) is 4.86. The largest absolute Gasteiger partial charge is 0.330 e. The third-order valence-electron chi connectivity index (χ3n) is 3.07. The Morgan fingerprint density at radius 1 is 1.54 bits per heavy atom.